The normalized spacial score (nSPS) is 12.8. The van der Waals surface area contributed by atoms with E-state index in [0.717, 1.165) is 28.1 Å². The van der Waals surface area contributed by atoms with Crippen molar-refractivity contribution in [1.29, 1.82) is 0 Å². The third-order valence-corrected chi connectivity index (χ3v) is 8.36. The number of anilines is 1. The van der Waals surface area contributed by atoms with E-state index >= 15 is 0 Å². The fourth-order valence-corrected chi connectivity index (χ4v) is 6.37. The van der Waals surface area contributed by atoms with Crippen LogP contribution in [0, 0.1) is 6.92 Å². The average molecular weight is 518 g/mol. The molecule has 4 aromatic rings. The molecule has 1 N–H and O–H groups in total. The van der Waals surface area contributed by atoms with Crippen LogP contribution in [0.15, 0.2) is 88.9 Å². The van der Waals surface area contributed by atoms with Crippen molar-refractivity contribution in [3.05, 3.63) is 106 Å². The number of benzene rings is 4. The zero-order valence-corrected chi connectivity index (χ0v) is 21.2. The summed E-state index contributed by atoms with van der Waals surface area (Å²) in [6.07, 6.45) is 3.66. The van der Waals surface area contributed by atoms with Gasteiger partial charge in [-0.1, -0.05) is 60.1 Å². The number of carbonyl (C=O) groups is 1. The molecule has 5 rings (SSSR count). The molecule has 8 heteroatoms. The molecule has 0 aromatic heterocycles. The van der Waals surface area contributed by atoms with Gasteiger partial charge in [0.2, 0.25) is 0 Å². The standard InChI is InChI=1S/C28H24ClN3O3S/c1-19-16-23(29)14-15-26(19)32(36(34,35)24-7-3-2-4-8-24)18-27(33)31-30-17-22-13-12-21-11-10-20-6-5-9-25(22)28(20)21/h2-9,12-17H,10-11,18H2,1H3,(H,31,33)/b30-17-. The Kier molecular flexibility index (Phi) is 6.51. The zero-order valence-electron chi connectivity index (χ0n) is 19.6. The van der Waals surface area contributed by atoms with E-state index in [1.807, 2.05) is 18.2 Å². The summed E-state index contributed by atoms with van der Waals surface area (Å²) in [4.78, 5) is 13.0. The maximum atomic E-state index is 13.5. The number of hydrogen-bond donors (Lipinski definition) is 1. The van der Waals surface area contributed by atoms with Crippen LogP contribution in [0.4, 0.5) is 5.69 Å². The van der Waals surface area contributed by atoms with E-state index < -0.39 is 22.5 Å². The molecular formula is C28H24ClN3O3S. The Balaban J connectivity index is 1.41. The van der Waals surface area contributed by atoms with Gasteiger partial charge in [0.05, 0.1) is 16.8 Å². The number of aryl methyl sites for hydroxylation is 3. The average Bonchev–Trinajstić information content (AvgIpc) is 3.29. The van der Waals surface area contributed by atoms with Gasteiger partial charge in [-0.2, -0.15) is 5.10 Å². The molecule has 1 aliphatic rings. The van der Waals surface area contributed by atoms with Gasteiger partial charge in [-0.15, -0.1) is 0 Å². The molecule has 0 spiro atoms. The van der Waals surface area contributed by atoms with E-state index in [2.05, 4.69) is 22.7 Å². The number of amides is 1. The molecule has 0 unspecified atom stereocenters. The molecule has 0 saturated heterocycles. The van der Waals surface area contributed by atoms with Gasteiger partial charge in [-0.05, 0) is 77.6 Å². The van der Waals surface area contributed by atoms with Crippen LogP contribution in [0.1, 0.15) is 22.3 Å². The second-order valence-corrected chi connectivity index (χ2v) is 11.0. The lowest BCUT2D eigenvalue weighted by molar-refractivity contribution is -0.119. The molecule has 0 aliphatic heterocycles. The van der Waals surface area contributed by atoms with Crippen LogP contribution in [0.3, 0.4) is 0 Å². The number of halogens is 1. The second-order valence-electron chi connectivity index (χ2n) is 8.70. The minimum absolute atomic E-state index is 0.0866. The number of carbonyl (C=O) groups excluding carboxylic acids is 1. The van der Waals surface area contributed by atoms with E-state index in [9.17, 15) is 13.2 Å². The summed E-state index contributed by atoms with van der Waals surface area (Å²) in [5, 5.41) is 6.97. The van der Waals surface area contributed by atoms with Crippen LogP contribution in [-0.2, 0) is 27.7 Å². The van der Waals surface area contributed by atoms with Gasteiger partial charge in [0.25, 0.3) is 15.9 Å². The molecule has 6 nitrogen and oxygen atoms in total. The molecule has 0 radical (unpaired) electrons. The molecule has 0 heterocycles. The Morgan fingerprint density at radius 2 is 1.75 bits per heavy atom. The number of sulfonamides is 1. The van der Waals surface area contributed by atoms with E-state index in [1.54, 1.807) is 49.5 Å². The fraction of sp³-hybridized carbons (Fsp3) is 0.143. The van der Waals surface area contributed by atoms with Crippen LogP contribution < -0.4 is 9.73 Å². The molecule has 0 bridgehead atoms. The lowest BCUT2D eigenvalue weighted by Gasteiger charge is -2.25. The number of nitrogens with one attached hydrogen (secondary N) is 1. The van der Waals surface area contributed by atoms with Crippen molar-refractivity contribution >= 4 is 50.2 Å². The highest BCUT2D eigenvalue weighted by molar-refractivity contribution is 7.92. The van der Waals surface area contributed by atoms with E-state index in [-0.39, 0.29) is 4.90 Å². The first kappa shape index (κ1) is 24.0. The minimum atomic E-state index is -4.02. The summed E-state index contributed by atoms with van der Waals surface area (Å²) >= 11 is 6.08. The largest absolute Gasteiger partial charge is 0.271 e. The Hall–Kier alpha value is -3.68. The van der Waals surface area contributed by atoms with Crippen molar-refractivity contribution in [3.8, 4) is 0 Å². The number of nitrogens with zero attached hydrogens (tertiary/aromatic N) is 2. The monoisotopic (exact) mass is 517 g/mol. The summed E-state index contributed by atoms with van der Waals surface area (Å²) in [7, 11) is -4.02. The van der Waals surface area contributed by atoms with Gasteiger partial charge in [0, 0.05) is 10.6 Å². The van der Waals surface area contributed by atoms with Gasteiger partial charge < -0.3 is 0 Å². The molecular weight excluding hydrogens is 494 g/mol. The Labute approximate surface area is 215 Å². The highest BCUT2D eigenvalue weighted by Crippen LogP contribution is 2.32. The van der Waals surface area contributed by atoms with Crippen molar-refractivity contribution in [1.82, 2.24) is 5.43 Å². The van der Waals surface area contributed by atoms with Gasteiger partial charge in [-0.3, -0.25) is 9.10 Å². The third-order valence-electron chi connectivity index (χ3n) is 6.35. The van der Waals surface area contributed by atoms with Crippen LogP contribution in [0.2, 0.25) is 5.02 Å². The maximum Gasteiger partial charge on any atom is 0.264 e. The van der Waals surface area contributed by atoms with E-state index in [4.69, 9.17) is 11.6 Å². The van der Waals surface area contributed by atoms with Crippen LogP contribution in [0.25, 0.3) is 10.8 Å². The first-order valence-corrected chi connectivity index (χ1v) is 13.4. The van der Waals surface area contributed by atoms with Crippen molar-refractivity contribution in [3.63, 3.8) is 0 Å². The summed E-state index contributed by atoms with van der Waals surface area (Å²) in [5.74, 6) is -0.564. The lowest BCUT2D eigenvalue weighted by atomic mass is 10.0. The van der Waals surface area contributed by atoms with E-state index in [0.29, 0.717) is 16.3 Å². The van der Waals surface area contributed by atoms with Gasteiger partial charge in [-0.25, -0.2) is 13.8 Å². The molecule has 0 atom stereocenters. The van der Waals surface area contributed by atoms with Crippen molar-refractivity contribution in [2.75, 3.05) is 10.8 Å². The van der Waals surface area contributed by atoms with Crippen LogP contribution in [-0.4, -0.2) is 27.1 Å². The minimum Gasteiger partial charge on any atom is -0.271 e. The summed E-state index contributed by atoms with van der Waals surface area (Å²) in [6, 6.07) is 23.2. The predicted octanol–water partition coefficient (Wildman–Crippen LogP) is 5.25. The van der Waals surface area contributed by atoms with Gasteiger partial charge in [0.1, 0.15) is 6.54 Å². The fourth-order valence-electron chi connectivity index (χ4n) is 4.64. The Morgan fingerprint density at radius 3 is 2.50 bits per heavy atom. The smallest absolute Gasteiger partial charge is 0.264 e. The maximum absolute atomic E-state index is 13.5. The molecule has 182 valence electrons. The number of hydrogen-bond acceptors (Lipinski definition) is 4. The lowest BCUT2D eigenvalue weighted by Crippen LogP contribution is -2.40. The predicted molar refractivity (Wildman–Crippen MR) is 144 cm³/mol. The molecule has 0 fully saturated rings. The SMILES string of the molecule is Cc1cc(Cl)ccc1N(CC(=O)N/N=C\c1ccc2c3c(cccc13)CC2)S(=O)(=O)c1ccccc1. The quantitative estimate of drug-likeness (QED) is 0.269. The summed E-state index contributed by atoms with van der Waals surface area (Å²) < 4.78 is 28.1. The highest BCUT2D eigenvalue weighted by atomic mass is 35.5. The summed E-state index contributed by atoms with van der Waals surface area (Å²) in [5.41, 5.74) is 7.03. The molecule has 1 amide bonds. The highest BCUT2D eigenvalue weighted by Gasteiger charge is 2.28. The van der Waals surface area contributed by atoms with Crippen LogP contribution in [0.5, 0.6) is 0 Å². The van der Waals surface area contributed by atoms with E-state index in [1.165, 1.54) is 28.6 Å². The topological polar surface area (TPSA) is 78.8 Å². The second kappa shape index (κ2) is 9.76. The molecule has 0 saturated carbocycles. The van der Waals surface area contributed by atoms with Gasteiger partial charge in [0.15, 0.2) is 0 Å². The van der Waals surface area contributed by atoms with Crippen LogP contribution >= 0.6 is 11.6 Å². The zero-order chi connectivity index (χ0) is 25.3. The van der Waals surface area contributed by atoms with Crippen molar-refractivity contribution < 1.29 is 13.2 Å². The first-order valence-electron chi connectivity index (χ1n) is 11.5. The molecule has 4 aromatic carbocycles. The molecule has 36 heavy (non-hydrogen) atoms. The van der Waals surface area contributed by atoms with Gasteiger partial charge >= 0.3 is 0 Å². The summed E-state index contributed by atoms with van der Waals surface area (Å²) in [6.45, 7) is 1.31. The molecule has 1 aliphatic carbocycles. The first-order chi connectivity index (χ1) is 17.3. The third kappa shape index (κ3) is 4.59. The van der Waals surface area contributed by atoms with Crippen molar-refractivity contribution in [2.45, 2.75) is 24.7 Å². The van der Waals surface area contributed by atoms with Crippen molar-refractivity contribution in [2.24, 2.45) is 5.10 Å². The number of rotatable bonds is 7. The number of hydrazone groups is 1. The Bertz CT molecular complexity index is 1590. The Morgan fingerprint density at radius 1 is 1.00 bits per heavy atom.